The smallest absolute Gasteiger partial charge is 0.232 e. The van der Waals surface area contributed by atoms with Crippen LogP contribution in [-0.4, -0.2) is 24.1 Å². The monoisotopic (exact) mass is 320 g/mol. The van der Waals surface area contributed by atoms with Crippen LogP contribution in [0.25, 0.3) is 0 Å². The van der Waals surface area contributed by atoms with Gasteiger partial charge in [0, 0.05) is 23.3 Å². The number of nitrogens with one attached hydrogen (secondary N) is 2. The molecule has 1 heterocycles. The van der Waals surface area contributed by atoms with Gasteiger partial charge in [-0.1, -0.05) is 13.3 Å². The van der Waals surface area contributed by atoms with Gasteiger partial charge in [-0.2, -0.15) is 0 Å². The topological polar surface area (TPSA) is 84.0 Å². The quantitative estimate of drug-likeness (QED) is 0.819. The average Bonchev–Trinajstić information content (AvgIpc) is 2.47. The van der Waals surface area contributed by atoms with Crippen LogP contribution in [0.1, 0.15) is 25.5 Å². The Hall–Kier alpha value is -2.15. The Labute approximate surface area is 131 Å². The lowest BCUT2D eigenvalue weighted by molar-refractivity contribution is 0.598. The zero-order chi connectivity index (χ0) is 16.0. The molecule has 0 aliphatic carbocycles. The molecule has 1 aromatic heterocycles. The van der Waals surface area contributed by atoms with Crippen molar-refractivity contribution in [1.82, 2.24) is 9.97 Å². The molecule has 0 bridgehead atoms. The van der Waals surface area contributed by atoms with E-state index in [-0.39, 0.29) is 5.75 Å². The maximum atomic E-state index is 11.8. The number of hydrogen-bond acceptors (Lipinski definition) is 5. The highest BCUT2D eigenvalue weighted by Gasteiger charge is 2.09. The first-order valence-electron chi connectivity index (χ1n) is 7.16. The highest BCUT2D eigenvalue weighted by atomic mass is 32.2. The van der Waals surface area contributed by atoms with Gasteiger partial charge in [-0.3, -0.25) is 4.72 Å². The fourth-order valence-electron chi connectivity index (χ4n) is 1.82. The van der Waals surface area contributed by atoms with Crippen molar-refractivity contribution in [2.45, 2.75) is 26.7 Å². The molecule has 0 aliphatic heterocycles. The summed E-state index contributed by atoms with van der Waals surface area (Å²) in [5.41, 5.74) is 2.21. The number of unbranched alkanes of at least 4 members (excludes halogenated alkanes) is 1. The molecular weight excluding hydrogens is 300 g/mol. The van der Waals surface area contributed by atoms with Gasteiger partial charge in [-0.15, -0.1) is 0 Å². The van der Waals surface area contributed by atoms with Gasteiger partial charge >= 0.3 is 0 Å². The van der Waals surface area contributed by atoms with Crippen LogP contribution in [0, 0.1) is 6.92 Å². The van der Waals surface area contributed by atoms with Gasteiger partial charge in [0.15, 0.2) is 0 Å². The summed E-state index contributed by atoms with van der Waals surface area (Å²) in [5.74, 6) is 0.650. The van der Waals surface area contributed by atoms with Crippen LogP contribution in [0.15, 0.2) is 36.5 Å². The van der Waals surface area contributed by atoms with Crippen molar-refractivity contribution in [2.75, 3.05) is 15.8 Å². The molecule has 118 valence electrons. The number of rotatable bonds is 7. The third kappa shape index (κ3) is 5.00. The third-order valence-corrected chi connectivity index (χ3v) is 4.35. The SMILES string of the molecule is CCCCS(=O)(=O)Nc1ccc(Nc2nccc(C)n2)cc1. The minimum Gasteiger partial charge on any atom is -0.324 e. The number of aromatic nitrogens is 2. The van der Waals surface area contributed by atoms with E-state index in [0.29, 0.717) is 18.1 Å². The molecule has 0 amide bonds. The first-order chi connectivity index (χ1) is 10.5. The molecule has 7 heteroatoms. The number of nitrogens with zero attached hydrogens (tertiary/aromatic N) is 2. The Morgan fingerprint density at radius 3 is 2.41 bits per heavy atom. The van der Waals surface area contributed by atoms with Gasteiger partial charge in [0.1, 0.15) is 0 Å². The lowest BCUT2D eigenvalue weighted by Crippen LogP contribution is -2.16. The average molecular weight is 320 g/mol. The molecule has 0 atom stereocenters. The summed E-state index contributed by atoms with van der Waals surface area (Å²) in [6.45, 7) is 3.85. The van der Waals surface area contributed by atoms with E-state index < -0.39 is 10.0 Å². The lowest BCUT2D eigenvalue weighted by Gasteiger charge is -2.09. The van der Waals surface area contributed by atoms with Gasteiger partial charge in [0.05, 0.1) is 5.75 Å². The van der Waals surface area contributed by atoms with E-state index in [4.69, 9.17) is 0 Å². The van der Waals surface area contributed by atoms with Gasteiger partial charge < -0.3 is 5.32 Å². The summed E-state index contributed by atoms with van der Waals surface area (Å²) >= 11 is 0. The number of sulfonamides is 1. The number of anilines is 3. The highest BCUT2D eigenvalue weighted by molar-refractivity contribution is 7.92. The zero-order valence-corrected chi connectivity index (χ0v) is 13.5. The fraction of sp³-hybridized carbons (Fsp3) is 0.333. The standard InChI is InChI=1S/C15H20N4O2S/c1-3-4-11-22(20,21)19-14-7-5-13(6-8-14)18-15-16-10-9-12(2)17-15/h5-10,19H,3-4,11H2,1-2H3,(H,16,17,18). The predicted octanol–water partition coefficient (Wildman–Crippen LogP) is 3.07. The van der Waals surface area contributed by atoms with Crippen LogP contribution >= 0.6 is 0 Å². The third-order valence-electron chi connectivity index (χ3n) is 2.98. The van der Waals surface area contributed by atoms with E-state index in [9.17, 15) is 8.42 Å². The minimum atomic E-state index is -3.27. The molecule has 0 aliphatic rings. The lowest BCUT2D eigenvalue weighted by atomic mass is 10.3. The highest BCUT2D eigenvalue weighted by Crippen LogP contribution is 2.17. The summed E-state index contributed by atoms with van der Waals surface area (Å²) in [7, 11) is -3.27. The number of benzene rings is 1. The van der Waals surface area contributed by atoms with Crippen LogP contribution in [-0.2, 0) is 10.0 Å². The molecule has 0 unspecified atom stereocenters. The van der Waals surface area contributed by atoms with Crippen LogP contribution in [0.5, 0.6) is 0 Å². The molecule has 2 rings (SSSR count). The van der Waals surface area contributed by atoms with E-state index in [1.165, 1.54) is 0 Å². The zero-order valence-electron chi connectivity index (χ0n) is 12.7. The van der Waals surface area contributed by atoms with Crippen molar-refractivity contribution in [1.29, 1.82) is 0 Å². The van der Waals surface area contributed by atoms with Crippen molar-refractivity contribution in [3.05, 3.63) is 42.2 Å². The Morgan fingerprint density at radius 1 is 1.09 bits per heavy atom. The first kappa shape index (κ1) is 16.2. The Morgan fingerprint density at radius 2 is 1.77 bits per heavy atom. The molecule has 0 saturated heterocycles. The fourth-order valence-corrected chi connectivity index (χ4v) is 3.09. The van der Waals surface area contributed by atoms with E-state index in [1.54, 1.807) is 30.5 Å². The van der Waals surface area contributed by atoms with E-state index in [1.807, 2.05) is 19.9 Å². The normalized spacial score (nSPS) is 11.2. The number of aryl methyl sites for hydroxylation is 1. The van der Waals surface area contributed by atoms with Crippen LogP contribution < -0.4 is 10.0 Å². The summed E-state index contributed by atoms with van der Waals surface area (Å²) in [4.78, 5) is 8.37. The van der Waals surface area contributed by atoms with Gasteiger partial charge in [-0.25, -0.2) is 18.4 Å². The van der Waals surface area contributed by atoms with E-state index in [0.717, 1.165) is 17.8 Å². The van der Waals surface area contributed by atoms with Crippen molar-refractivity contribution < 1.29 is 8.42 Å². The summed E-state index contributed by atoms with van der Waals surface area (Å²) < 4.78 is 26.2. The molecule has 0 spiro atoms. The summed E-state index contributed by atoms with van der Waals surface area (Å²) in [6, 6.07) is 8.80. The Kier molecular flexibility index (Phi) is 5.32. The van der Waals surface area contributed by atoms with Crippen molar-refractivity contribution >= 4 is 27.3 Å². The van der Waals surface area contributed by atoms with Gasteiger partial charge in [-0.05, 0) is 43.7 Å². The molecular formula is C15H20N4O2S. The van der Waals surface area contributed by atoms with Gasteiger partial charge in [0.25, 0.3) is 0 Å². The maximum Gasteiger partial charge on any atom is 0.232 e. The van der Waals surface area contributed by atoms with E-state index >= 15 is 0 Å². The molecule has 0 radical (unpaired) electrons. The Balaban J connectivity index is 2.01. The largest absolute Gasteiger partial charge is 0.324 e. The van der Waals surface area contributed by atoms with Crippen molar-refractivity contribution in [3.8, 4) is 0 Å². The molecule has 2 N–H and O–H groups in total. The summed E-state index contributed by atoms with van der Waals surface area (Å²) in [5, 5.41) is 3.07. The molecule has 0 fully saturated rings. The molecule has 22 heavy (non-hydrogen) atoms. The number of hydrogen-bond donors (Lipinski definition) is 2. The van der Waals surface area contributed by atoms with Crippen molar-refractivity contribution in [2.24, 2.45) is 0 Å². The van der Waals surface area contributed by atoms with Crippen LogP contribution in [0.2, 0.25) is 0 Å². The second-order valence-corrected chi connectivity index (χ2v) is 6.84. The summed E-state index contributed by atoms with van der Waals surface area (Å²) in [6.07, 6.45) is 3.18. The first-order valence-corrected chi connectivity index (χ1v) is 8.81. The maximum absolute atomic E-state index is 11.8. The Bertz CT molecular complexity index is 715. The molecule has 0 saturated carbocycles. The van der Waals surface area contributed by atoms with Crippen LogP contribution in [0.4, 0.5) is 17.3 Å². The van der Waals surface area contributed by atoms with Crippen LogP contribution in [0.3, 0.4) is 0 Å². The second kappa shape index (κ2) is 7.22. The second-order valence-electron chi connectivity index (χ2n) is 5.00. The predicted molar refractivity (Wildman–Crippen MR) is 88.8 cm³/mol. The van der Waals surface area contributed by atoms with E-state index in [2.05, 4.69) is 20.0 Å². The minimum absolute atomic E-state index is 0.140. The molecule has 6 nitrogen and oxygen atoms in total. The van der Waals surface area contributed by atoms with Crippen molar-refractivity contribution in [3.63, 3.8) is 0 Å². The molecule has 1 aromatic carbocycles. The molecule has 2 aromatic rings. The van der Waals surface area contributed by atoms with Gasteiger partial charge in [0.2, 0.25) is 16.0 Å².